The number of hydrogen-bond acceptors (Lipinski definition) is 4. The van der Waals surface area contributed by atoms with E-state index >= 15 is 0 Å². The fraction of sp³-hybridized carbons (Fsp3) is 0.480. The van der Waals surface area contributed by atoms with Crippen molar-refractivity contribution < 1.29 is 18.3 Å². The van der Waals surface area contributed by atoms with Crippen molar-refractivity contribution in [2.24, 2.45) is 0 Å². The van der Waals surface area contributed by atoms with E-state index < -0.39 is 10.0 Å². The van der Waals surface area contributed by atoms with Crippen molar-refractivity contribution in [1.82, 2.24) is 4.31 Å². The molecular weight excluding hydrogens is 424 g/mol. The van der Waals surface area contributed by atoms with Gasteiger partial charge in [0, 0.05) is 36.3 Å². The molecule has 0 atom stereocenters. The predicted octanol–water partition coefficient (Wildman–Crippen LogP) is 4.43. The molecule has 0 bridgehead atoms. The molecule has 5 rings (SSSR count). The number of carbonyl (C=O) groups excluding carboxylic acids is 1. The lowest BCUT2D eigenvalue weighted by molar-refractivity contribution is 0.0982. The molecule has 1 aliphatic carbocycles. The Kier molecular flexibility index (Phi) is 5.50. The normalized spacial score (nSPS) is 20.9. The molecule has 2 fully saturated rings. The minimum Gasteiger partial charge on any atom is -0.508 e. The van der Waals surface area contributed by atoms with Gasteiger partial charge in [-0.15, -0.1) is 0 Å². The minimum absolute atomic E-state index is 0.126. The van der Waals surface area contributed by atoms with Crippen LogP contribution >= 0.6 is 0 Å². The third-order valence-electron chi connectivity index (χ3n) is 7.39. The molecule has 2 aromatic carbocycles. The number of phenols is 1. The van der Waals surface area contributed by atoms with Crippen LogP contribution in [0.3, 0.4) is 0 Å². The van der Waals surface area contributed by atoms with Gasteiger partial charge in [0.25, 0.3) is 5.91 Å². The number of amides is 1. The Labute approximate surface area is 189 Å². The standard InChI is InChI=1S/C25H30N2O4S/c28-20-10-11-23-22(17-20)25(12-3-1-4-13-25)18-27(23)24(29)19-8-7-9-21(16-19)32(30,31)26-14-5-2-6-15-26/h7-11,16-17,28H,1-6,12-15,18H2. The Bertz CT molecular complexity index is 1130. The number of phenolic OH excluding ortho intramolecular Hbond substituents is 1. The van der Waals surface area contributed by atoms with E-state index in [1.54, 1.807) is 29.2 Å². The first-order valence-corrected chi connectivity index (χ1v) is 13.1. The second-order valence-electron chi connectivity index (χ2n) is 9.43. The van der Waals surface area contributed by atoms with Gasteiger partial charge < -0.3 is 10.0 Å². The highest BCUT2D eigenvalue weighted by atomic mass is 32.2. The largest absolute Gasteiger partial charge is 0.508 e. The number of carbonyl (C=O) groups is 1. The lowest BCUT2D eigenvalue weighted by Gasteiger charge is -2.34. The van der Waals surface area contributed by atoms with Gasteiger partial charge >= 0.3 is 0 Å². The number of hydrogen-bond donors (Lipinski definition) is 1. The zero-order valence-electron chi connectivity index (χ0n) is 18.3. The Balaban J connectivity index is 1.48. The fourth-order valence-corrected chi connectivity index (χ4v) is 7.26. The summed E-state index contributed by atoms with van der Waals surface area (Å²) in [7, 11) is -3.61. The third kappa shape index (κ3) is 3.61. The molecular formula is C25H30N2O4S. The van der Waals surface area contributed by atoms with E-state index in [0.29, 0.717) is 25.2 Å². The first-order valence-electron chi connectivity index (χ1n) is 11.7. The molecule has 2 heterocycles. The number of rotatable bonds is 3. The highest BCUT2D eigenvalue weighted by Crippen LogP contribution is 2.50. The molecule has 32 heavy (non-hydrogen) atoms. The summed E-state index contributed by atoms with van der Waals surface area (Å²) in [6.45, 7) is 1.64. The Morgan fingerprint density at radius 1 is 0.906 bits per heavy atom. The van der Waals surface area contributed by atoms with Gasteiger partial charge in [-0.1, -0.05) is 31.7 Å². The SMILES string of the molecule is O=C(c1cccc(S(=O)(=O)N2CCCCC2)c1)N1CC2(CCCCC2)c2cc(O)ccc21. The Morgan fingerprint density at radius 3 is 2.38 bits per heavy atom. The zero-order valence-corrected chi connectivity index (χ0v) is 19.1. The van der Waals surface area contributed by atoms with E-state index in [0.717, 1.165) is 56.2 Å². The van der Waals surface area contributed by atoms with Crippen LogP contribution in [0.15, 0.2) is 47.4 Å². The fourth-order valence-electron chi connectivity index (χ4n) is 5.69. The van der Waals surface area contributed by atoms with Gasteiger partial charge in [-0.2, -0.15) is 4.31 Å². The quantitative estimate of drug-likeness (QED) is 0.744. The Morgan fingerprint density at radius 2 is 1.62 bits per heavy atom. The summed E-state index contributed by atoms with van der Waals surface area (Å²) in [5, 5.41) is 10.1. The molecule has 1 saturated carbocycles. The maximum Gasteiger partial charge on any atom is 0.258 e. The monoisotopic (exact) mass is 454 g/mol. The van der Waals surface area contributed by atoms with Crippen LogP contribution in [-0.4, -0.2) is 43.4 Å². The van der Waals surface area contributed by atoms with Gasteiger partial charge in [-0.05, 0) is 67.6 Å². The summed E-state index contributed by atoms with van der Waals surface area (Å²) in [4.78, 5) is 15.6. The summed E-state index contributed by atoms with van der Waals surface area (Å²) in [6.07, 6.45) is 8.21. The molecule has 1 N–H and O–H groups in total. The van der Waals surface area contributed by atoms with Crippen LogP contribution in [0.25, 0.3) is 0 Å². The number of piperidine rings is 1. The summed E-state index contributed by atoms with van der Waals surface area (Å²) in [6, 6.07) is 11.7. The third-order valence-corrected chi connectivity index (χ3v) is 9.29. The van der Waals surface area contributed by atoms with E-state index in [2.05, 4.69) is 0 Å². The van der Waals surface area contributed by atoms with Crippen LogP contribution in [0, 0.1) is 0 Å². The lowest BCUT2D eigenvalue weighted by atomic mass is 9.71. The second kappa shape index (κ2) is 8.19. The number of nitrogens with zero attached hydrogens (tertiary/aromatic N) is 2. The first kappa shape index (κ1) is 21.5. The van der Waals surface area contributed by atoms with Gasteiger partial charge in [0.1, 0.15) is 5.75 Å². The maximum atomic E-state index is 13.6. The van der Waals surface area contributed by atoms with Crippen LogP contribution in [-0.2, 0) is 15.4 Å². The lowest BCUT2D eigenvalue weighted by Crippen LogP contribution is -2.38. The Hall–Kier alpha value is -2.38. The topological polar surface area (TPSA) is 77.9 Å². The highest BCUT2D eigenvalue weighted by Gasteiger charge is 2.45. The van der Waals surface area contributed by atoms with Crippen molar-refractivity contribution in [3.8, 4) is 5.75 Å². The summed E-state index contributed by atoms with van der Waals surface area (Å²) in [5.41, 5.74) is 2.14. The van der Waals surface area contributed by atoms with Crippen molar-refractivity contribution >= 4 is 21.6 Å². The number of fused-ring (bicyclic) bond motifs is 2. The molecule has 2 aromatic rings. The van der Waals surface area contributed by atoms with Crippen molar-refractivity contribution in [3.05, 3.63) is 53.6 Å². The molecule has 1 amide bonds. The van der Waals surface area contributed by atoms with Crippen LogP contribution in [0.1, 0.15) is 67.3 Å². The molecule has 1 spiro atoms. The van der Waals surface area contributed by atoms with Crippen molar-refractivity contribution in [2.75, 3.05) is 24.5 Å². The number of sulfonamides is 1. The molecule has 0 aromatic heterocycles. The van der Waals surface area contributed by atoms with Crippen molar-refractivity contribution in [3.63, 3.8) is 0 Å². The van der Waals surface area contributed by atoms with Crippen LogP contribution < -0.4 is 4.90 Å². The number of benzene rings is 2. The van der Waals surface area contributed by atoms with E-state index in [-0.39, 0.29) is 22.0 Å². The molecule has 6 nitrogen and oxygen atoms in total. The van der Waals surface area contributed by atoms with Gasteiger partial charge in [-0.3, -0.25) is 4.79 Å². The molecule has 0 radical (unpaired) electrons. The molecule has 2 aliphatic heterocycles. The average Bonchev–Trinajstić information content (AvgIpc) is 3.12. The highest BCUT2D eigenvalue weighted by molar-refractivity contribution is 7.89. The molecule has 170 valence electrons. The number of aromatic hydroxyl groups is 1. The van der Waals surface area contributed by atoms with Crippen LogP contribution in [0.4, 0.5) is 5.69 Å². The zero-order chi connectivity index (χ0) is 22.3. The smallest absolute Gasteiger partial charge is 0.258 e. The van der Waals surface area contributed by atoms with E-state index in [1.165, 1.54) is 16.8 Å². The van der Waals surface area contributed by atoms with E-state index in [9.17, 15) is 18.3 Å². The van der Waals surface area contributed by atoms with Crippen molar-refractivity contribution in [2.45, 2.75) is 61.7 Å². The number of anilines is 1. The van der Waals surface area contributed by atoms with Crippen molar-refractivity contribution in [1.29, 1.82) is 0 Å². The van der Waals surface area contributed by atoms with Gasteiger partial charge in [0.15, 0.2) is 0 Å². The van der Waals surface area contributed by atoms with Crippen LogP contribution in [0.2, 0.25) is 0 Å². The van der Waals surface area contributed by atoms with E-state index in [4.69, 9.17) is 0 Å². The van der Waals surface area contributed by atoms with Gasteiger partial charge in [0.05, 0.1) is 4.90 Å². The molecule has 3 aliphatic rings. The van der Waals surface area contributed by atoms with E-state index in [1.807, 2.05) is 12.1 Å². The summed E-state index contributed by atoms with van der Waals surface area (Å²) >= 11 is 0. The molecule has 7 heteroatoms. The molecule has 1 saturated heterocycles. The predicted molar refractivity (Wildman–Crippen MR) is 124 cm³/mol. The van der Waals surface area contributed by atoms with Gasteiger partial charge in [-0.25, -0.2) is 8.42 Å². The second-order valence-corrected chi connectivity index (χ2v) is 11.4. The summed E-state index contributed by atoms with van der Waals surface area (Å²) in [5.74, 6) is 0.0349. The first-order chi connectivity index (χ1) is 15.4. The summed E-state index contributed by atoms with van der Waals surface area (Å²) < 4.78 is 27.8. The maximum absolute atomic E-state index is 13.6. The minimum atomic E-state index is -3.61. The van der Waals surface area contributed by atoms with Gasteiger partial charge in [0.2, 0.25) is 10.0 Å². The van der Waals surface area contributed by atoms with Crippen LogP contribution in [0.5, 0.6) is 5.75 Å². The molecule has 0 unspecified atom stereocenters. The average molecular weight is 455 g/mol.